The van der Waals surface area contributed by atoms with Gasteiger partial charge in [0.15, 0.2) is 0 Å². The number of anilines is 1. The molecule has 1 fully saturated rings. The van der Waals surface area contributed by atoms with Gasteiger partial charge in [0, 0.05) is 29.9 Å². The van der Waals surface area contributed by atoms with Crippen LogP contribution < -0.4 is 4.90 Å². The highest BCUT2D eigenvalue weighted by molar-refractivity contribution is 7.19. The molecule has 0 bridgehead atoms. The summed E-state index contributed by atoms with van der Waals surface area (Å²) in [4.78, 5) is 14.4. The molecule has 0 saturated carbocycles. The van der Waals surface area contributed by atoms with E-state index in [-0.39, 0.29) is 0 Å². The lowest BCUT2D eigenvalue weighted by atomic mass is 9.96. The molecular weight excluding hydrogens is 344 g/mol. The summed E-state index contributed by atoms with van der Waals surface area (Å²) in [5, 5.41) is 9.95. The van der Waals surface area contributed by atoms with E-state index in [1.807, 2.05) is 17.7 Å². The normalized spacial score (nSPS) is 20.3. The summed E-state index contributed by atoms with van der Waals surface area (Å²) < 4.78 is 2.21. The number of thiophene rings is 1. The fraction of sp³-hybridized carbons (Fsp3) is 0.579. The van der Waals surface area contributed by atoms with E-state index in [9.17, 15) is 0 Å². The summed E-state index contributed by atoms with van der Waals surface area (Å²) in [6.07, 6.45) is 9.58. The lowest BCUT2D eigenvalue weighted by Crippen LogP contribution is -2.36. The van der Waals surface area contributed by atoms with Crippen LogP contribution in [0.2, 0.25) is 0 Å². The molecule has 26 heavy (non-hydrogen) atoms. The number of aromatic nitrogens is 5. The molecular formula is C19H24N6S. The number of nitrogens with zero attached hydrogens (tertiary/aromatic N) is 6. The van der Waals surface area contributed by atoms with E-state index >= 15 is 0 Å². The first-order valence-corrected chi connectivity index (χ1v) is 10.4. The molecule has 3 aromatic rings. The quantitative estimate of drug-likeness (QED) is 0.705. The van der Waals surface area contributed by atoms with Gasteiger partial charge >= 0.3 is 0 Å². The van der Waals surface area contributed by atoms with Crippen LogP contribution in [0.4, 0.5) is 5.82 Å². The molecule has 0 amide bonds. The highest BCUT2D eigenvalue weighted by Crippen LogP contribution is 2.41. The van der Waals surface area contributed by atoms with Crippen LogP contribution in [0.3, 0.4) is 0 Å². The van der Waals surface area contributed by atoms with E-state index in [1.165, 1.54) is 35.1 Å². The highest BCUT2D eigenvalue weighted by Gasteiger charge is 2.29. The first-order valence-electron chi connectivity index (χ1n) is 9.62. The van der Waals surface area contributed by atoms with Crippen LogP contribution in [0.1, 0.15) is 61.3 Å². The molecule has 1 unspecified atom stereocenters. The van der Waals surface area contributed by atoms with Gasteiger partial charge in [-0.25, -0.2) is 9.97 Å². The Kier molecular flexibility index (Phi) is 3.92. The largest absolute Gasteiger partial charge is 0.355 e. The van der Waals surface area contributed by atoms with Gasteiger partial charge in [0.05, 0.1) is 5.39 Å². The molecule has 1 saturated heterocycles. The third-order valence-electron chi connectivity index (χ3n) is 5.72. The van der Waals surface area contributed by atoms with Crippen LogP contribution in [-0.4, -0.2) is 37.8 Å². The van der Waals surface area contributed by atoms with Gasteiger partial charge in [-0.1, -0.05) is 0 Å². The zero-order valence-corrected chi connectivity index (χ0v) is 16.2. The second kappa shape index (κ2) is 6.30. The van der Waals surface area contributed by atoms with Crippen LogP contribution in [0.15, 0.2) is 12.7 Å². The lowest BCUT2D eigenvalue weighted by molar-refractivity contribution is 0.453. The van der Waals surface area contributed by atoms with E-state index in [0.29, 0.717) is 12.0 Å². The monoisotopic (exact) mass is 368 g/mol. The SMILES string of the molecule is CC(C)n1cnnc1C1CCCN(c2ncnc3sc4c(c23)CCC4)C1. The Morgan fingerprint density at radius 3 is 3.00 bits per heavy atom. The predicted molar refractivity (Wildman–Crippen MR) is 104 cm³/mol. The predicted octanol–water partition coefficient (Wildman–Crippen LogP) is 3.74. The Balaban J connectivity index is 1.51. The molecule has 2 aliphatic rings. The van der Waals surface area contributed by atoms with Crippen molar-refractivity contribution >= 4 is 27.4 Å². The van der Waals surface area contributed by atoms with Gasteiger partial charge in [-0.15, -0.1) is 21.5 Å². The molecule has 0 spiro atoms. The van der Waals surface area contributed by atoms with Gasteiger partial charge in [-0.05, 0) is 51.5 Å². The van der Waals surface area contributed by atoms with Crippen molar-refractivity contribution in [2.45, 2.75) is 57.9 Å². The standard InChI is InChI=1S/C19H24N6S/c1-12(2)25-11-22-23-17(25)13-5-4-8-24(9-13)18-16-14-6-3-7-15(14)26-19(16)21-10-20-18/h10-13H,3-9H2,1-2H3. The second-order valence-electron chi connectivity index (χ2n) is 7.71. The maximum atomic E-state index is 4.73. The minimum atomic E-state index is 0.390. The molecule has 6 nitrogen and oxygen atoms in total. The Hall–Kier alpha value is -2.02. The minimum absolute atomic E-state index is 0.390. The average Bonchev–Trinajstić information content (AvgIpc) is 3.36. The van der Waals surface area contributed by atoms with Crippen molar-refractivity contribution < 1.29 is 0 Å². The summed E-state index contributed by atoms with van der Waals surface area (Å²) in [5.41, 5.74) is 1.51. The maximum absolute atomic E-state index is 4.73. The van der Waals surface area contributed by atoms with Crippen LogP contribution >= 0.6 is 11.3 Å². The minimum Gasteiger partial charge on any atom is -0.355 e. The van der Waals surface area contributed by atoms with E-state index in [1.54, 1.807) is 6.33 Å². The van der Waals surface area contributed by atoms with E-state index in [0.717, 1.165) is 42.4 Å². The summed E-state index contributed by atoms with van der Waals surface area (Å²) in [6, 6.07) is 0.390. The van der Waals surface area contributed by atoms with Crippen molar-refractivity contribution in [3.8, 4) is 0 Å². The van der Waals surface area contributed by atoms with Crippen molar-refractivity contribution in [1.29, 1.82) is 0 Å². The Morgan fingerprint density at radius 1 is 1.19 bits per heavy atom. The van der Waals surface area contributed by atoms with E-state index < -0.39 is 0 Å². The number of rotatable bonds is 3. The molecule has 7 heteroatoms. The van der Waals surface area contributed by atoms with Crippen LogP contribution in [0.25, 0.3) is 10.2 Å². The molecule has 5 rings (SSSR count). The molecule has 1 aliphatic heterocycles. The van der Waals surface area contributed by atoms with Crippen molar-refractivity contribution in [3.63, 3.8) is 0 Å². The summed E-state index contributed by atoms with van der Waals surface area (Å²) in [7, 11) is 0. The molecule has 0 aromatic carbocycles. The zero-order valence-electron chi connectivity index (χ0n) is 15.4. The second-order valence-corrected chi connectivity index (χ2v) is 8.79. The van der Waals surface area contributed by atoms with Gasteiger partial charge in [0.2, 0.25) is 0 Å². The Bertz CT molecular complexity index is 943. The van der Waals surface area contributed by atoms with E-state index in [2.05, 4.69) is 38.5 Å². The topological polar surface area (TPSA) is 59.7 Å². The highest BCUT2D eigenvalue weighted by atomic mass is 32.1. The van der Waals surface area contributed by atoms with Gasteiger partial charge in [-0.3, -0.25) is 0 Å². The lowest BCUT2D eigenvalue weighted by Gasteiger charge is -2.34. The summed E-state index contributed by atoms with van der Waals surface area (Å²) in [6.45, 7) is 6.40. The van der Waals surface area contributed by atoms with E-state index in [4.69, 9.17) is 4.98 Å². The summed E-state index contributed by atoms with van der Waals surface area (Å²) >= 11 is 1.87. The van der Waals surface area contributed by atoms with Gasteiger partial charge < -0.3 is 9.47 Å². The molecule has 3 aromatic heterocycles. The number of aryl methyl sites for hydroxylation is 2. The van der Waals surface area contributed by atoms with Gasteiger partial charge in [0.1, 0.15) is 29.1 Å². The van der Waals surface area contributed by atoms with Gasteiger partial charge in [-0.2, -0.15) is 0 Å². The fourth-order valence-corrected chi connectivity index (χ4v) is 5.70. The molecule has 0 radical (unpaired) electrons. The summed E-state index contributed by atoms with van der Waals surface area (Å²) in [5.74, 6) is 2.66. The first-order chi connectivity index (χ1) is 12.7. The molecule has 4 heterocycles. The zero-order chi connectivity index (χ0) is 17.7. The van der Waals surface area contributed by atoms with Crippen molar-refractivity contribution in [1.82, 2.24) is 24.7 Å². The first kappa shape index (κ1) is 16.2. The fourth-order valence-electron chi connectivity index (χ4n) is 4.47. The number of hydrogen-bond acceptors (Lipinski definition) is 6. The smallest absolute Gasteiger partial charge is 0.141 e. The van der Waals surface area contributed by atoms with Crippen molar-refractivity contribution in [2.75, 3.05) is 18.0 Å². The van der Waals surface area contributed by atoms with Crippen LogP contribution in [-0.2, 0) is 12.8 Å². The van der Waals surface area contributed by atoms with Crippen molar-refractivity contribution in [3.05, 3.63) is 28.9 Å². The average molecular weight is 369 g/mol. The maximum Gasteiger partial charge on any atom is 0.141 e. The molecule has 1 aliphatic carbocycles. The number of fused-ring (bicyclic) bond motifs is 3. The Labute approximate surface area is 157 Å². The Morgan fingerprint density at radius 2 is 2.12 bits per heavy atom. The third-order valence-corrected chi connectivity index (χ3v) is 6.92. The van der Waals surface area contributed by atoms with Crippen LogP contribution in [0, 0.1) is 0 Å². The van der Waals surface area contributed by atoms with Gasteiger partial charge in [0.25, 0.3) is 0 Å². The molecule has 0 N–H and O–H groups in total. The molecule has 1 atom stereocenters. The van der Waals surface area contributed by atoms with Crippen LogP contribution in [0.5, 0.6) is 0 Å². The third kappa shape index (κ3) is 2.52. The number of piperidine rings is 1. The molecule has 136 valence electrons. The van der Waals surface area contributed by atoms with Crippen molar-refractivity contribution in [2.24, 2.45) is 0 Å². The number of hydrogen-bond donors (Lipinski definition) is 0.